The predicted octanol–water partition coefficient (Wildman–Crippen LogP) is 4.57. The second-order valence-electron chi connectivity index (χ2n) is 9.71. The van der Waals surface area contributed by atoms with Crippen molar-refractivity contribution in [2.24, 2.45) is 11.8 Å². The average molecular weight is 482 g/mol. The van der Waals surface area contributed by atoms with E-state index in [0.717, 1.165) is 43.4 Å². The lowest BCUT2D eigenvalue weighted by atomic mass is 9.69. The lowest BCUT2D eigenvalue weighted by molar-refractivity contribution is -0.151. The summed E-state index contributed by atoms with van der Waals surface area (Å²) in [5, 5.41) is 3.32. The summed E-state index contributed by atoms with van der Waals surface area (Å²) in [4.78, 5) is 40.0. The topological polar surface area (TPSA) is 90.9 Å². The summed E-state index contributed by atoms with van der Waals surface area (Å²) in [6.07, 6.45) is 5.33. The molecule has 1 fully saturated rings. The number of ether oxygens (including phenoxy) is 3. The Labute approximate surface area is 206 Å². The van der Waals surface area contributed by atoms with E-state index in [-0.39, 0.29) is 17.8 Å². The number of dihydropyridines is 1. The SMILES string of the molecule is CCOc1cccc([C@@H]2C(C(=O)OC3CCCCC3)=C(C)NC3=C2C(=O)[C@H](C(=O)OC)[C@@H](C)C3)c1. The Kier molecular flexibility index (Phi) is 7.63. The van der Waals surface area contributed by atoms with Crippen LogP contribution in [0.2, 0.25) is 0 Å². The first kappa shape index (κ1) is 25.0. The molecule has 3 atom stereocenters. The van der Waals surface area contributed by atoms with Crippen LogP contribution < -0.4 is 10.1 Å². The normalized spacial score (nSPS) is 25.0. The van der Waals surface area contributed by atoms with Gasteiger partial charge in [-0.2, -0.15) is 0 Å². The van der Waals surface area contributed by atoms with E-state index >= 15 is 0 Å². The molecule has 1 N–H and O–H groups in total. The number of Topliss-reactive ketones (excluding diaryl/α,β-unsaturated/α-hetero) is 1. The minimum atomic E-state index is -0.910. The Morgan fingerprint density at radius 1 is 1.14 bits per heavy atom. The van der Waals surface area contributed by atoms with E-state index in [1.807, 2.05) is 45.0 Å². The summed E-state index contributed by atoms with van der Waals surface area (Å²) in [5.74, 6) is -2.40. The second kappa shape index (κ2) is 10.7. The molecule has 0 aromatic heterocycles. The lowest BCUT2D eigenvalue weighted by Gasteiger charge is -2.38. The molecule has 4 rings (SSSR count). The van der Waals surface area contributed by atoms with E-state index < -0.39 is 23.8 Å². The van der Waals surface area contributed by atoms with Crippen LogP contribution in [0, 0.1) is 11.8 Å². The van der Waals surface area contributed by atoms with Crippen LogP contribution in [0.4, 0.5) is 0 Å². The zero-order valence-corrected chi connectivity index (χ0v) is 21.0. The van der Waals surface area contributed by atoms with Crippen molar-refractivity contribution in [2.75, 3.05) is 13.7 Å². The minimum absolute atomic E-state index is 0.118. The number of rotatable bonds is 6. The molecular formula is C28H35NO6. The van der Waals surface area contributed by atoms with E-state index in [9.17, 15) is 14.4 Å². The van der Waals surface area contributed by atoms with Crippen molar-refractivity contribution in [3.8, 4) is 5.75 Å². The Morgan fingerprint density at radius 3 is 2.57 bits per heavy atom. The summed E-state index contributed by atoms with van der Waals surface area (Å²) in [6, 6.07) is 7.46. The maximum absolute atomic E-state index is 13.8. The van der Waals surface area contributed by atoms with E-state index in [1.54, 1.807) is 0 Å². The van der Waals surface area contributed by atoms with Crippen LogP contribution in [0.25, 0.3) is 0 Å². The predicted molar refractivity (Wildman–Crippen MR) is 130 cm³/mol. The van der Waals surface area contributed by atoms with Gasteiger partial charge in [0.05, 0.1) is 19.3 Å². The van der Waals surface area contributed by atoms with E-state index in [2.05, 4.69) is 5.32 Å². The molecule has 1 aliphatic heterocycles. The second-order valence-corrected chi connectivity index (χ2v) is 9.71. The first-order valence-corrected chi connectivity index (χ1v) is 12.6. The molecule has 3 aliphatic rings. The summed E-state index contributed by atoms with van der Waals surface area (Å²) in [6.45, 7) is 6.13. The average Bonchev–Trinajstić information content (AvgIpc) is 2.84. The molecule has 7 nitrogen and oxygen atoms in total. The number of nitrogens with one attached hydrogen (secondary N) is 1. The lowest BCUT2D eigenvalue weighted by Crippen LogP contribution is -2.43. The first-order valence-electron chi connectivity index (χ1n) is 12.6. The number of esters is 2. The highest BCUT2D eigenvalue weighted by Crippen LogP contribution is 2.46. The molecule has 188 valence electrons. The number of carbonyl (C=O) groups excluding carboxylic acids is 3. The van der Waals surface area contributed by atoms with Crippen LogP contribution in [-0.2, 0) is 23.9 Å². The minimum Gasteiger partial charge on any atom is -0.494 e. The van der Waals surface area contributed by atoms with Crippen LogP contribution in [0.1, 0.15) is 70.8 Å². The molecule has 0 amide bonds. The smallest absolute Gasteiger partial charge is 0.337 e. The summed E-state index contributed by atoms with van der Waals surface area (Å²) < 4.78 is 16.7. The van der Waals surface area contributed by atoms with Gasteiger partial charge in [-0.05, 0) is 69.6 Å². The van der Waals surface area contributed by atoms with Crippen molar-refractivity contribution < 1.29 is 28.6 Å². The summed E-state index contributed by atoms with van der Waals surface area (Å²) in [5.41, 5.74) is 3.03. The van der Waals surface area contributed by atoms with Crippen LogP contribution in [0.3, 0.4) is 0 Å². The third kappa shape index (κ3) is 5.00. The Bertz CT molecular complexity index is 1060. The highest BCUT2D eigenvalue weighted by molar-refractivity contribution is 6.12. The number of benzene rings is 1. The zero-order chi connectivity index (χ0) is 25.1. The fraction of sp³-hybridized carbons (Fsp3) is 0.536. The fourth-order valence-electron chi connectivity index (χ4n) is 5.63. The quantitative estimate of drug-likeness (QED) is 0.470. The Balaban J connectivity index is 1.79. The van der Waals surface area contributed by atoms with Gasteiger partial charge >= 0.3 is 11.9 Å². The standard InChI is InChI=1S/C28H35NO6/c1-5-34-20-13-9-10-18(15-20)24-23(28(32)35-19-11-7-6-8-12-19)17(3)29-21-14-16(2)22(27(31)33-4)26(30)25(21)24/h9-10,13,15-16,19,22,24,29H,5-8,11-12,14H2,1-4H3/t16-,22+,24+/m0/s1. The summed E-state index contributed by atoms with van der Waals surface area (Å²) in [7, 11) is 1.30. The number of hydrogen-bond acceptors (Lipinski definition) is 7. The van der Waals surface area contributed by atoms with Crippen molar-refractivity contribution in [1.29, 1.82) is 0 Å². The first-order chi connectivity index (χ1) is 16.8. The Hall–Kier alpha value is -3.09. The molecular weight excluding hydrogens is 446 g/mol. The molecule has 1 saturated carbocycles. The number of hydrogen-bond donors (Lipinski definition) is 1. The van der Waals surface area contributed by atoms with Gasteiger partial charge in [-0.1, -0.05) is 25.5 Å². The van der Waals surface area contributed by atoms with E-state index in [4.69, 9.17) is 14.2 Å². The van der Waals surface area contributed by atoms with Gasteiger partial charge in [0, 0.05) is 22.9 Å². The van der Waals surface area contributed by atoms with Crippen molar-refractivity contribution in [2.45, 2.75) is 71.3 Å². The molecule has 35 heavy (non-hydrogen) atoms. The van der Waals surface area contributed by atoms with E-state index in [0.29, 0.717) is 35.6 Å². The molecule has 1 aromatic carbocycles. The maximum atomic E-state index is 13.8. The number of allylic oxidation sites excluding steroid dienone is 3. The molecule has 2 aliphatic carbocycles. The van der Waals surface area contributed by atoms with Gasteiger partial charge in [-0.15, -0.1) is 0 Å². The molecule has 0 unspecified atom stereocenters. The van der Waals surface area contributed by atoms with Gasteiger partial charge in [0.25, 0.3) is 0 Å². The van der Waals surface area contributed by atoms with Gasteiger partial charge in [0.15, 0.2) is 5.78 Å². The molecule has 0 spiro atoms. The fourth-order valence-corrected chi connectivity index (χ4v) is 5.63. The van der Waals surface area contributed by atoms with E-state index in [1.165, 1.54) is 7.11 Å². The van der Waals surface area contributed by atoms with Gasteiger partial charge < -0.3 is 19.5 Å². The number of methoxy groups -OCH3 is 1. The van der Waals surface area contributed by atoms with Crippen LogP contribution in [0.15, 0.2) is 46.8 Å². The molecule has 1 heterocycles. The van der Waals surface area contributed by atoms with Gasteiger partial charge in [-0.3, -0.25) is 9.59 Å². The monoisotopic (exact) mass is 481 g/mol. The molecule has 0 bridgehead atoms. The highest BCUT2D eigenvalue weighted by atomic mass is 16.5. The maximum Gasteiger partial charge on any atom is 0.337 e. The third-order valence-corrected chi connectivity index (χ3v) is 7.29. The van der Waals surface area contributed by atoms with Crippen LogP contribution >= 0.6 is 0 Å². The van der Waals surface area contributed by atoms with Gasteiger partial charge in [-0.25, -0.2) is 4.79 Å². The highest BCUT2D eigenvalue weighted by Gasteiger charge is 2.47. The largest absolute Gasteiger partial charge is 0.494 e. The third-order valence-electron chi connectivity index (χ3n) is 7.29. The van der Waals surface area contributed by atoms with Crippen LogP contribution in [0.5, 0.6) is 5.75 Å². The van der Waals surface area contributed by atoms with Crippen molar-refractivity contribution in [3.63, 3.8) is 0 Å². The molecule has 1 aromatic rings. The zero-order valence-electron chi connectivity index (χ0n) is 21.0. The molecule has 0 saturated heterocycles. The van der Waals surface area contributed by atoms with Gasteiger partial charge in [0.1, 0.15) is 17.8 Å². The van der Waals surface area contributed by atoms with Crippen molar-refractivity contribution >= 4 is 17.7 Å². The van der Waals surface area contributed by atoms with Crippen LogP contribution in [-0.4, -0.2) is 37.5 Å². The molecule has 7 heteroatoms. The van der Waals surface area contributed by atoms with Crippen molar-refractivity contribution in [3.05, 3.63) is 52.4 Å². The Morgan fingerprint density at radius 2 is 1.89 bits per heavy atom. The van der Waals surface area contributed by atoms with Gasteiger partial charge in [0.2, 0.25) is 0 Å². The summed E-state index contributed by atoms with van der Waals surface area (Å²) >= 11 is 0. The molecule has 0 radical (unpaired) electrons. The van der Waals surface area contributed by atoms with Crippen molar-refractivity contribution in [1.82, 2.24) is 5.32 Å². The number of ketones is 1. The number of carbonyl (C=O) groups is 3.